The third kappa shape index (κ3) is 2.95. The van der Waals surface area contributed by atoms with E-state index in [1.807, 2.05) is 20.8 Å². The van der Waals surface area contributed by atoms with Crippen molar-refractivity contribution in [3.63, 3.8) is 0 Å². The van der Waals surface area contributed by atoms with Crippen molar-refractivity contribution in [2.75, 3.05) is 6.54 Å². The second kappa shape index (κ2) is 4.62. The molecule has 1 unspecified atom stereocenters. The number of β-amino-alcohol motifs (C(OH)–C–C–N with tert-alkyl or cyclic N) is 1. The van der Waals surface area contributed by atoms with Gasteiger partial charge in [0.05, 0.1) is 12.1 Å². The fourth-order valence-corrected chi connectivity index (χ4v) is 1.84. The normalized spacial score (nSPS) is 27.0. The zero-order chi connectivity index (χ0) is 13.4. The van der Waals surface area contributed by atoms with Crippen molar-refractivity contribution >= 4 is 11.9 Å². The predicted molar refractivity (Wildman–Crippen MR) is 61.2 cm³/mol. The number of nitrogens with zero attached hydrogens (tertiary/aromatic N) is 1. The lowest BCUT2D eigenvalue weighted by Gasteiger charge is -2.31. The maximum atomic E-state index is 12.1. The van der Waals surface area contributed by atoms with E-state index >= 15 is 0 Å². The van der Waals surface area contributed by atoms with Crippen LogP contribution in [0.25, 0.3) is 0 Å². The van der Waals surface area contributed by atoms with Gasteiger partial charge in [0.15, 0.2) is 0 Å². The highest BCUT2D eigenvalue weighted by Crippen LogP contribution is 2.24. The molecule has 1 saturated heterocycles. The molecule has 0 bridgehead atoms. The highest BCUT2D eigenvalue weighted by molar-refractivity contribution is 5.88. The van der Waals surface area contributed by atoms with Crippen LogP contribution in [0.3, 0.4) is 0 Å². The largest absolute Gasteiger partial charge is 0.480 e. The molecular weight excluding hydrogens is 224 g/mol. The van der Waals surface area contributed by atoms with E-state index in [-0.39, 0.29) is 13.0 Å². The lowest BCUT2D eigenvalue weighted by molar-refractivity contribution is -0.149. The number of carbonyl (C=O) groups is 2. The van der Waals surface area contributed by atoms with Gasteiger partial charge in [-0.3, -0.25) is 4.79 Å². The summed E-state index contributed by atoms with van der Waals surface area (Å²) in [5.41, 5.74) is 5.38. The first kappa shape index (κ1) is 13.9. The van der Waals surface area contributed by atoms with Crippen molar-refractivity contribution in [1.82, 2.24) is 4.90 Å². The summed E-state index contributed by atoms with van der Waals surface area (Å²) in [7, 11) is 0. The Kier molecular flexibility index (Phi) is 3.78. The summed E-state index contributed by atoms with van der Waals surface area (Å²) in [5.74, 6) is -1.52. The molecule has 0 saturated carbocycles. The van der Waals surface area contributed by atoms with Gasteiger partial charge in [0.2, 0.25) is 5.91 Å². The van der Waals surface area contributed by atoms with Crippen LogP contribution in [0.2, 0.25) is 0 Å². The Morgan fingerprint density at radius 2 is 1.94 bits per heavy atom. The Hall–Kier alpha value is -1.14. The van der Waals surface area contributed by atoms with Gasteiger partial charge in [-0.1, -0.05) is 20.8 Å². The van der Waals surface area contributed by atoms with E-state index in [9.17, 15) is 14.7 Å². The zero-order valence-electron chi connectivity index (χ0n) is 10.4. The van der Waals surface area contributed by atoms with Gasteiger partial charge >= 0.3 is 5.97 Å². The van der Waals surface area contributed by atoms with Crippen molar-refractivity contribution < 1.29 is 19.8 Å². The number of likely N-dealkylation sites (tertiary alicyclic amines) is 1. The molecule has 3 atom stereocenters. The zero-order valence-corrected chi connectivity index (χ0v) is 10.4. The highest BCUT2D eigenvalue weighted by Gasteiger charge is 2.42. The molecule has 0 aromatic carbocycles. The lowest BCUT2D eigenvalue weighted by atomic mass is 9.86. The molecule has 6 heteroatoms. The minimum absolute atomic E-state index is 0.0413. The molecule has 17 heavy (non-hydrogen) atoms. The number of hydrogen-bond donors (Lipinski definition) is 3. The number of amides is 1. The molecular formula is C11H20N2O4. The topological polar surface area (TPSA) is 104 Å². The Morgan fingerprint density at radius 3 is 2.35 bits per heavy atom. The third-order valence-corrected chi connectivity index (χ3v) is 3.05. The second-order valence-corrected chi connectivity index (χ2v) is 5.58. The third-order valence-electron chi connectivity index (χ3n) is 3.05. The van der Waals surface area contributed by atoms with Crippen molar-refractivity contribution in [2.24, 2.45) is 11.1 Å². The van der Waals surface area contributed by atoms with Gasteiger partial charge in [0.1, 0.15) is 6.04 Å². The van der Waals surface area contributed by atoms with Crippen molar-refractivity contribution in [3.05, 3.63) is 0 Å². The molecule has 0 radical (unpaired) electrons. The number of aliphatic hydroxyl groups is 1. The minimum atomic E-state index is -1.10. The fourth-order valence-electron chi connectivity index (χ4n) is 1.84. The number of aliphatic carboxylic acids is 1. The van der Waals surface area contributed by atoms with Crippen molar-refractivity contribution in [3.8, 4) is 0 Å². The van der Waals surface area contributed by atoms with Crippen LogP contribution in [-0.2, 0) is 9.59 Å². The van der Waals surface area contributed by atoms with Crippen molar-refractivity contribution in [1.29, 1.82) is 0 Å². The van der Waals surface area contributed by atoms with Crippen LogP contribution >= 0.6 is 0 Å². The molecule has 1 aliphatic heterocycles. The van der Waals surface area contributed by atoms with Gasteiger partial charge in [-0.05, 0) is 5.41 Å². The number of aliphatic hydroxyl groups excluding tert-OH is 1. The first-order valence-electron chi connectivity index (χ1n) is 5.61. The summed E-state index contributed by atoms with van der Waals surface area (Å²) in [5, 5.41) is 18.4. The molecule has 0 spiro atoms. The Bertz CT molecular complexity index is 324. The first-order chi connectivity index (χ1) is 7.64. The van der Waals surface area contributed by atoms with E-state index in [1.165, 1.54) is 4.90 Å². The van der Waals surface area contributed by atoms with E-state index in [2.05, 4.69) is 0 Å². The van der Waals surface area contributed by atoms with E-state index < -0.39 is 35.5 Å². The molecule has 98 valence electrons. The van der Waals surface area contributed by atoms with E-state index in [0.29, 0.717) is 0 Å². The highest BCUT2D eigenvalue weighted by atomic mass is 16.4. The van der Waals surface area contributed by atoms with Gasteiger partial charge in [0, 0.05) is 13.0 Å². The van der Waals surface area contributed by atoms with Gasteiger partial charge in [0.25, 0.3) is 0 Å². The fraction of sp³-hybridized carbons (Fsp3) is 0.818. The van der Waals surface area contributed by atoms with E-state index in [1.54, 1.807) is 0 Å². The Labute approximate surface area is 100 Å². The van der Waals surface area contributed by atoms with Gasteiger partial charge < -0.3 is 20.8 Å². The number of hydrogen-bond acceptors (Lipinski definition) is 4. The maximum Gasteiger partial charge on any atom is 0.326 e. The van der Waals surface area contributed by atoms with Gasteiger partial charge in [-0.2, -0.15) is 0 Å². The number of carboxylic acids is 1. The summed E-state index contributed by atoms with van der Waals surface area (Å²) in [6.45, 7) is 5.49. The van der Waals surface area contributed by atoms with Crippen LogP contribution in [0, 0.1) is 5.41 Å². The van der Waals surface area contributed by atoms with E-state index in [4.69, 9.17) is 10.8 Å². The second-order valence-electron chi connectivity index (χ2n) is 5.58. The maximum absolute atomic E-state index is 12.1. The van der Waals surface area contributed by atoms with Crippen LogP contribution in [0.4, 0.5) is 0 Å². The SMILES string of the molecule is CC(C)(C)C(N)C(=O)N1C[C@@H](O)C[C@H]1C(=O)O. The number of carboxylic acid groups (broad SMARTS) is 1. The summed E-state index contributed by atoms with van der Waals surface area (Å²) < 4.78 is 0. The monoisotopic (exact) mass is 244 g/mol. The molecule has 0 aromatic rings. The van der Waals surface area contributed by atoms with Crippen LogP contribution in [0.1, 0.15) is 27.2 Å². The van der Waals surface area contributed by atoms with Gasteiger partial charge in [-0.15, -0.1) is 0 Å². The molecule has 6 nitrogen and oxygen atoms in total. The summed E-state index contributed by atoms with van der Waals surface area (Å²) >= 11 is 0. The van der Waals surface area contributed by atoms with Crippen LogP contribution in [0.5, 0.6) is 0 Å². The van der Waals surface area contributed by atoms with E-state index in [0.717, 1.165) is 0 Å². The van der Waals surface area contributed by atoms with Crippen LogP contribution < -0.4 is 5.73 Å². The lowest BCUT2D eigenvalue weighted by Crippen LogP contribution is -2.53. The molecule has 1 fully saturated rings. The number of nitrogens with two attached hydrogens (primary N) is 1. The quantitative estimate of drug-likeness (QED) is 0.602. The molecule has 4 N–H and O–H groups in total. The Balaban J connectivity index is 2.84. The average molecular weight is 244 g/mol. The number of rotatable bonds is 2. The first-order valence-corrected chi connectivity index (χ1v) is 5.61. The van der Waals surface area contributed by atoms with Crippen LogP contribution in [0.15, 0.2) is 0 Å². The molecule has 0 aromatic heterocycles. The smallest absolute Gasteiger partial charge is 0.326 e. The molecule has 1 rings (SSSR count). The number of carbonyl (C=O) groups excluding carboxylic acids is 1. The Morgan fingerprint density at radius 1 is 1.41 bits per heavy atom. The predicted octanol–water partition coefficient (Wildman–Crippen LogP) is -0.594. The minimum Gasteiger partial charge on any atom is -0.480 e. The molecule has 1 amide bonds. The summed E-state index contributed by atoms with van der Waals surface area (Å²) in [4.78, 5) is 24.2. The molecule has 0 aliphatic carbocycles. The van der Waals surface area contributed by atoms with Gasteiger partial charge in [-0.25, -0.2) is 4.79 Å². The summed E-state index contributed by atoms with van der Waals surface area (Å²) in [6.07, 6.45) is -0.718. The van der Waals surface area contributed by atoms with Crippen LogP contribution in [-0.4, -0.2) is 51.7 Å². The molecule has 1 heterocycles. The average Bonchev–Trinajstić information content (AvgIpc) is 2.56. The molecule has 1 aliphatic rings. The van der Waals surface area contributed by atoms with Crippen molar-refractivity contribution in [2.45, 2.75) is 45.4 Å². The standard InChI is InChI=1S/C11H20N2O4/c1-11(2,3)8(12)9(15)13-5-6(14)4-7(13)10(16)17/h6-8,14H,4-5,12H2,1-3H3,(H,16,17)/t6-,7-,8?/m0/s1. The summed E-state index contributed by atoms with van der Waals surface area (Å²) in [6, 6.07) is -1.74.